The Morgan fingerprint density at radius 3 is 2.45 bits per heavy atom. The van der Waals surface area contributed by atoms with Crippen LogP contribution >= 0.6 is 0 Å². The van der Waals surface area contributed by atoms with E-state index in [-0.39, 0.29) is 0 Å². The summed E-state index contributed by atoms with van der Waals surface area (Å²) in [4.78, 5) is 14.7. The van der Waals surface area contributed by atoms with E-state index < -0.39 is 48.0 Å². The quantitative estimate of drug-likeness (QED) is 0.681. The van der Waals surface area contributed by atoms with E-state index >= 15 is 0 Å². The van der Waals surface area contributed by atoms with Crippen LogP contribution in [0.1, 0.15) is 28.2 Å². The molecule has 0 amide bonds. The summed E-state index contributed by atoms with van der Waals surface area (Å²) in [6, 6.07) is 0.431. The highest BCUT2D eigenvalue weighted by Gasteiger charge is 2.35. The van der Waals surface area contributed by atoms with Crippen molar-refractivity contribution in [2.75, 3.05) is 7.11 Å². The first-order chi connectivity index (χ1) is 9.19. The average molecular weight is 300 g/mol. The number of rotatable bonds is 4. The second-order valence-electron chi connectivity index (χ2n) is 3.41. The maximum absolute atomic E-state index is 12.8. The van der Waals surface area contributed by atoms with E-state index in [1.165, 1.54) is 0 Å². The zero-order chi connectivity index (χ0) is 15.5. The molecule has 0 saturated heterocycles. The van der Waals surface area contributed by atoms with Crippen molar-refractivity contribution in [3.05, 3.63) is 23.0 Å². The Bertz CT molecular complexity index is 504. The normalized spacial score (nSPS) is 11.6. The molecule has 112 valence electrons. The number of halogens is 5. The molecular weight excluding hydrogens is 291 g/mol. The number of pyridine rings is 1. The van der Waals surface area contributed by atoms with Crippen LogP contribution in [0.4, 0.5) is 22.0 Å². The summed E-state index contributed by atoms with van der Waals surface area (Å²) in [7, 11) is 0.956. The molecule has 0 bridgehead atoms. The van der Waals surface area contributed by atoms with Crippen molar-refractivity contribution in [2.24, 2.45) is 5.73 Å². The Morgan fingerprint density at radius 1 is 1.45 bits per heavy atom. The van der Waals surface area contributed by atoms with Crippen LogP contribution in [0.5, 0.6) is 5.75 Å². The molecule has 0 atom stereocenters. The lowest BCUT2D eigenvalue weighted by Crippen LogP contribution is -2.21. The second-order valence-corrected chi connectivity index (χ2v) is 3.41. The number of esters is 1. The molecule has 2 N–H and O–H groups in total. The van der Waals surface area contributed by atoms with Crippen molar-refractivity contribution in [3.63, 3.8) is 0 Å². The smallest absolute Gasteiger partial charge is 0.464 e. The van der Waals surface area contributed by atoms with Gasteiger partial charge in [-0.15, -0.1) is 13.2 Å². The highest BCUT2D eigenvalue weighted by atomic mass is 19.4. The van der Waals surface area contributed by atoms with Gasteiger partial charge < -0.3 is 15.2 Å². The van der Waals surface area contributed by atoms with Gasteiger partial charge in [0.15, 0.2) is 5.69 Å². The van der Waals surface area contributed by atoms with Crippen LogP contribution in [-0.2, 0) is 11.3 Å². The first-order valence-corrected chi connectivity index (χ1v) is 5.05. The Labute approximate surface area is 109 Å². The summed E-state index contributed by atoms with van der Waals surface area (Å²) < 4.78 is 70.0. The largest absolute Gasteiger partial charge is 0.573 e. The molecule has 1 heterocycles. The van der Waals surface area contributed by atoms with E-state index in [1.54, 1.807) is 0 Å². The molecule has 0 fully saturated rings. The topological polar surface area (TPSA) is 74.4 Å². The number of nitrogens with zero attached hydrogens (tertiary/aromatic N) is 1. The fourth-order valence-electron chi connectivity index (χ4n) is 1.39. The van der Waals surface area contributed by atoms with Gasteiger partial charge in [0.2, 0.25) is 0 Å². The van der Waals surface area contributed by atoms with Gasteiger partial charge in [-0.2, -0.15) is 0 Å². The van der Waals surface area contributed by atoms with Gasteiger partial charge in [0, 0.05) is 12.6 Å². The van der Waals surface area contributed by atoms with E-state index in [0.717, 1.165) is 7.11 Å². The first kappa shape index (κ1) is 16.1. The maximum atomic E-state index is 12.8. The van der Waals surface area contributed by atoms with E-state index in [9.17, 15) is 26.7 Å². The lowest BCUT2D eigenvalue weighted by atomic mass is 10.1. The molecule has 0 aromatic carbocycles. The van der Waals surface area contributed by atoms with Crippen molar-refractivity contribution >= 4 is 5.97 Å². The highest BCUT2D eigenvalue weighted by molar-refractivity contribution is 5.87. The number of nitrogens with two attached hydrogens (primary N) is 1. The van der Waals surface area contributed by atoms with Gasteiger partial charge in [0.05, 0.1) is 18.4 Å². The van der Waals surface area contributed by atoms with E-state index in [1.807, 2.05) is 0 Å². The van der Waals surface area contributed by atoms with Crippen LogP contribution in [0.3, 0.4) is 0 Å². The minimum Gasteiger partial charge on any atom is -0.464 e. The molecule has 1 aromatic rings. The third-order valence-electron chi connectivity index (χ3n) is 2.13. The number of carbonyl (C=O) groups is 1. The number of ether oxygens (including phenoxy) is 2. The number of hydrogen-bond acceptors (Lipinski definition) is 5. The highest BCUT2D eigenvalue weighted by Crippen LogP contribution is 2.35. The number of hydrogen-bond donors (Lipinski definition) is 1. The van der Waals surface area contributed by atoms with Gasteiger partial charge >= 0.3 is 12.3 Å². The molecule has 0 spiro atoms. The van der Waals surface area contributed by atoms with Crippen LogP contribution in [0, 0.1) is 0 Å². The van der Waals surface area contributed by atoms with Crippen LogP contribution < -0.4 is 10.5 Å². The molecule has 0 aliphatic carbocycles. The van der Waals surface area contributed by atoms with Gasteiger partial charge in [-0.1, -0.05) is 0 Å². The van der Waals surface area contributed by atoms with Gasteiger partial charge in [-0.05, 0) is 0 Å². The van der Waals surface area contributed by atoms with E-state index in [0.29, 0.717) is 6.07 Å². The fourth-order valence-corrected chi connectivity index (χ4v) is 1.39. The Balaban J connectivity index is 3.45. The van der Waals surface area contributed by atoms with Gasteiger partial charge in [0.25, 0.3) is 6.43 Å². The standard InChI is InChI=1S/C10H9F5N2O3/c1-19-9(18)4-2-6(20-10(13,14)15)7(8(11)12)5(3-16)17-4/h2,8H,3,16H2,1H3. The lowest BCUT2D eigenvalue weighted by molar-refractivity contribution is -0.275. The van der Waals surface area contributed by atoms with Crippen LogP contribution in [0.25, 0.3) is 0 Å². The Hall–Kier alpha value is -1.97. The molecule has 1 rings (SSSR count). The third-order valence-corrected chi connectivity index (χ3v) is 2.13. The lowest BCUT2D eigenvalue weighted by Gasteiger charge is -2.16. The molecule has 1 aromatic heterocycles. The molecular formula is C10H9F5N2O3. The second kappa shape index (κ2) is 5.99. The predicted molar refractivity (Wildman–Crippen MR) is 55.1 cm³/mol. The molecule has 0 aliphatic rings. The molecule has 5 nitrogen and oxygen atoms in total. The van der Waals surface area contributed by atoms with Crippen molar-refractivity contribution in [2.45, 2.75) is 19.3 Å². The fraction of sp³-hybridized carbons (Fsp3) is 0.400. The summed E-state index contributed by atoms with van der Waals surface area (Å²) in [6.45, 7) is -0.598. The third kappa shape index (κ3) is 3.76. The summed E-state index contributed by atoms with van der Waals surface area (Å²) >= 11 is 0. The van der Waals surface area contributed by atoms with Gasteiger partial charge in [-0.25, -0.2) is 18.6 Å². The number of methoxy groups -OCH3 is 1. The molecule has 0 aliphatic heterocycles. The zero-order valence-electron chi connectivity index (χ0n) is 10.0. The Kier molecular flexibility index (Phi) is 4.82. The predicted octanol–water partition coefficient (Wildman–Crippen LogP) is 2.16. The Morgan fingerprint density at radius 2 is 2.05 bits per heavy atom. The van der Waals surface area contributed by atoms with Gasteiger partial charge in [-0.3, -0.25) is 0 Å². The summed E-state index contributed by atoms with van der Waals surface area (Å²) in [5.41, 5.74) is 2.84. The van der Waals surface area contributed by atoms with Crippen molar-refractivity contribution in [1.82, 2.24) is 4.98 Å². The van der Waals surface area contributed by atoms with Crippen molar-refractivity contribution in [1.29, 1.82) is 0 Å². The molecule has 0 saturated carbocycles. The number of aromatic nitrogens is 1. The monoisotopic (exact) mass is 300 g/mol. The number of alkyl halides is 5. The van der Waals surface area contributed by atoms with Crippen LogP contribution in [0.2, 0.25) is 0 Å². The summed E-state index contributed by atoms with van der Waals surface area (Å²) in [5.74, 6) is -2.34. The van der Waals surface area contributed by atoms with Crippen molar-refractivity contribution in [3.8, 4) is 5.75 Å². The minimum absolute atomic E-state index is 0.431. The molecule has 0 unspecified atom stereocenters. The summed E-state index contributed by atoms with van der Waals surface area (Å²) in [6.07, 6.45) is -8.50. The minimum atomic E-state index is -5.20. The van der Waals surface area contributed by atoms with Gasteiger partial charge in [0.1, 0.15) is 5.75 Å². The molecule has 10 heteroatoms. The van der Waals surface area contributed by atoms with Crippen LogP contribution in [0.15, 0.2) is 6.07 Å². The van der Waals surface area contributed by atoms with E-state index in [2.05, 4.69) is 14.5 Å². The SMILES string of the molecule is COC(=O)c1cc(OC(F)(F)F)c(C(F)F)c(CN)n1. The molecule has 20 heavy (non-hydrogen) atoms. The molecule has 0 radical (unpaired) electrons. The zero-order valence-corrected chi connectivity index (χ0v) is 10.0. The summed E-state index contributed by atoms with van der Waals surface area (Å²) in [5, 5.41) is 0. The maximum Gasteiger partial charge on any atom is 0.573 e. The van der Waals surface area contributed by atoms with Crippen molar-refractivity contribution < 1.29 is 36.2 Å². The first-order valence-electron chi connectivity index (χ1n) is 5.05. The van der Waals surface area contributed by atoms with E-state index in [4.69, 9.17) is 5.73 Å². The van der Waals surface area contributed by atoms with Crippen LogP contribution in [-0.4, -0.2) is 24.4 Å². The number of carbonyl (C=O) groups excluding carboxylic acids is 1. The average Bonchev–Trinajstić information content (AvgIpc) is 2.34.